The predicted molar refractivity (Wildman–Crippen MR) is 31.9 cm³/mol. The zero-order valence-corrected chi connectivity index (χ0v) is 6.41. The second-order valence-corrected chi connectivity index (χ2v) is 3.85. The minimum absolute atomic E-state index is 1.13. The molecule has 0 aromatic rings. The fourth-order valence-corrected chi connectivity index (χ4v) is 1.85. The third kappa shape index (κ3) is 1.38. The van der Waals surface area contributed by atoms with Crippen LogP contribution >= 0.6 is 11.8 Å². The molecular weight excluding hydrogens is 206 g/mol. The molecule has 1 aliphatic rings. The van der Waals surface area contributed by atoms with Crippen LogP contribution in [0.2, 0.25) is 0 Å². The molecule has 1 saturated heterocycles. The van der Waals surface area contributed by atoms with Crippen LogP contribution in [0.25, 0.3) is 0 Å². The Bertz CT molecular complexity index is 192. The minimum Gasteiger partial charge on any atom is -0.247 e. The molecule has 1 unspecified atom stereocenters. The van der Waals surface area contributed by atoms with Gasteiger partial charge in [-0.1, -0.05) is 0 Å². The lowest BCUT2D eigenvalue weighted by atomic mass is 10.1. The molecule has 1 heterocycles. The lowest BCUT2D eigenvalue weighted by Crippen LogP contribution is -2.39. The second-order valence-electron chi connectivity index (χ2n) is 2.53. The number of rotatable bonds is 1. The first kappa shape index (κ1) is 10.0. The Balaban J connectivity index is 2.92. The van der Waals surface area contributed by atoms with Crippen molar-refractivity contribution < 1.29 is 26.3 Å². The summed E-state index contributed by atoms with van der Waals surface area (Å²) in [4.78, 5) is 0. The summed E-state index contributed by atoms with van der Waals surface area (Å²) in [7, 11) is 0. The van der Waals surface area contributed by atoms with E-state index >= 15 is 0 Å². The predicted octanol–water partition coefficient (Wildman–Crippen LogP) is 2.99. The number of thioether (sulfide) groups is 1. The fourth-order valence-electron chi connectivity index (χ4n) is 0.869. The van der Waals surface area contributed by atoms with Crippen molar-refractivity contribution in [3.05, 3.63) is 0 Å². The van der Waals surface area contributed by atoms with Gasteiger partial charge in [-0.2, -0.15) is 17.6 Å². The van der Waals surface area contributed by atoms with E-state index in [1.54, 1.807) is 0 Å². The van der Waals surface area contributed by atoms with Crippen LogP contribution < -0.4 is 0 Å². The maximum absolute atomic E-state index is 12.7. The second kappa shape index (κ2) is 2.46. The summed E-state index contributed by atoms with van der Waals surface area (Å²) in [6.07, 6.45) is -1.77. The van der Waals surface area contributed by atoms with Gasteiger partial charge in [0.05, 0.1) is 6.42 Å². The average Bonchev–Trinajstić information content (AvgIpc) is 1.98. The lowest BCUT2D eigenvalue weighted by molar-refractivity contribution is -0.0857. The van der Waals surface area contributed by atoms with Crippen LogP contribution in [-0.4, -0.2) is 22.9 Å². The molecule has 0 bridgehead atoms. The average molecular weight is 210 g/mol. The van der Waals surface area contributed by atoms with Crippen molar-refractivity contribution in [3.63, 3.8) is 0 Å². The van der Waals surface area contributed by atoms with Crippen molar-refractivity contribution in [2.45, 2.75) is 22.6 Å². The topological polar surface area (TPSA) is 0 Å². The first-order valence-electron chi connectivity index (χ1n) is 2.93. The van der Waals surface area contributed by atoms with Gasteiger partial charge in [0.15, 0.2) is 0 Å². The van der Waals surface area contributed by atoms with Crippen LogP contribution in [0, 0.1) is 0 Å². The van der Waals surface area contributed by atoms with E-state index in [1.165, 1.54) is 0 Å². The fraction of sp³-hybridized carbons (Fsp3) is 1.00. The highest BCUT2D eigenvalue weighted by molar-refractivity contribution is 8.01. The van der Waals surface area contributed by atoms with Crippen LogP contribution in [0.5, 0.6) is 0 Å². The molecule has 12 heavy (non-hydrogen) atoms. The van der Waals surface area contributed by atoms with Gasteiger partial charge in [-0.05, 0) is 11.8 Å². The van der Waals surface area contributed by atoms with E-state index in [2.05, 4.69) is 0 Å². The Morgan fingerprint density at radius 1 is 1.08 bits per heavy atom. The highest BCUT2D eigenvalue weighted by Crippen LogP contribution is 2.61. The maximum atomic E-state index is 12.7. The van der Waals surface area contributed by atoms with Gasteiger partial charge in [0.25, 0.3) is 0 Å². The Labute approximate surface area is 68.3 Å². The third-order valence-corrected chi connectivity index (χ3v) is 2.56. The molecule has 0 N–H and O–H groups in total. The monoisotopic (exact) mass is 210 g/mol. The minimum atomic E-state index is -4.34. The van der Waals surface area contributed by atoms with Crippen LogP contribution in [0.4, 0.5) is 26.3 Å². The van der Waals surface area contributed by atoms with Crippen molar-refractivity contribution in [3.8, 4) is 0 Å². The van der Waals surface area contributed by atoms with E-state index in [1.807, 2.05) is 0 Å². The Kier molecular flexibility index (Phi) is 2.05. The van der Waals surface area contributed by atoms with Crippen molar-refractivity contribution in [1.82, 2.24) is 0 Å². The molecule has 0 amide bonds. The van der Waals surface area contributed by atoms with E-state index < -0.39 is 41.0 Å². The Morgan fingerprint density at radius 3 is 1.75 bits per heavy atom. The normalized spacial score (nSPS) is 38.5. The Morgan fingerprint density at radius 2 is 1.58 bits per heavy atom. The zero-order chi connectivity index (χ0) is 9.62. The van der Waals surface area contributed by atoms with Gasteiger partial charge >= 0.3 is 10.5 Å². The van der Waals surface area contributed by atoms with E-state index in [-0.39, 0.29) is 0 Å². The number of hydrogen-bond acceptors (Lipinski definition) is 1. The van der Waals surface area contributed by atoms with Gasteiger partial charge in [-0.3, -0.25) is 0 Å². The summed E-state index contributed by atoms with van der Waals surface area (Å²) in [5.74, 6) is 0. The molecule has 0 aromatic carbocycles. The molecule has 1 fully saturated rings. The first-order chi connectivity index (χ1) is 5.22. The van der Waals surface area contributed by atoms with Crippen molar-refractivity contribution in [2.24, 2.45) is 0 Å². The Hall–Kier alpha value is -0.0700. The molecule has 0 aromatic heterocycles. The molecule has 0 spiro atoms. The molecule has 0 nitrogen and oxygen atoms in total. The highest BCUT2D eigenvalue weighted by atomic mass is 32.2. The highest BCUT2D eigenvalue weighted by Gasteiger charge is 2.70. The third-order valence-electron chi connectivity index (χ3n) is 1.50. The van der Waals surface area contributed by atoms with Gasteiger partial charge in [-0.15, -0.1) is 0 Å². The zero-order valence-electron chi connectivity index (χ0n) is 5.59. The van der Waals surface area contributed by atoms with Gasteiger partial charge in [0, 0.05) is 0 Å². The summed E-state index contributed by atoms with van der Waals surface area (Å²) in [5.41, 5.74) is -3.72. The largest absolute Gasteiger partial charge is 0.335 e. The molecule has 1 atom stereocenters. The molecule has 0 saturated carbocycles. The number of alkyl halides is 6. The van der Waals surface area contributed by atoms with E-state index in [4.69, 9.17) is 0 Å². The summed E-state index contributed by atoms with van der Waals surface area (Å²) in [6.45, 7) is -2.09. The van der Waals surface area contributed by atoms with Crippen LogP contribution in [0.3, 0.4) is 0 Å². The van der Waals surface area contributed by atoms with Crippen molar-refractivity contribution in [2.75, 3.05) is 6.67 Å². The van der Waals surface area contributed by atoms with E-state index in [0.29, 0.717) is 0 Å². The summed E-state index contributed by atoms with van der Waals surface area (Å²) in [5, 5.41) is -8.23. The first-order valence-corrected chi connectivity index (χ1v) is 3.75. The van der Waals surface area contributed by atoms with Crippen molar-refractivity contribution in [1.29, 1.82) is 0 Å². The van der Waals surface area contributed by atoms with Gasteiger partial charge in [0.2, 0.25) is 5.67 Å². The summed E-state index contributed by atoms with van der Waals surface area (Å²) < 4.78 is 73.5. The number of halogens is 6. The van der Waals surface area contributed by atoms with Crippen LogP contribution in [-0.2, 0) is 0 Å². The van der Waals surface area contributed by atoms with E-state index in [0.717, 1.165) is 0 Å². The van der Waals surface area contributed by atoms with Crippen LogP contribution in [0.1, 0.15) is 6.42 Å². The molecule has 7 heteroatoms. The van der Waals surface area contributed by atoms with E-state index in [9.17, 15) is 26.3 Å². The molecule has 1 aliphatic heterocycles. The summed E-state index contributed by atoms with van der Waals surface area (Å²) >= 11 is -1.13. The van der Waals surface area contributed by atoms with Crippen molar-refractivity contribution >= 4 is 11.8 Å². The van der Waals surface area contributed by atoms with Gasteiger partial charge in [0.1, 0.15) is 6.67 Å². The quantitative estimate of drug-likeness (QED) is 0.599. The summed E-state index contributed by atoms with van der Waals surface area (Å²) in [6, 6.07) is 0. The molecular formula is C5H4F6S. The van der Waals surface area contributed by atoms with Gasteiger partial charge < -0.3 is 0 Å². The smallest absolute Gasteiger partial charge is 0.247 e. The maximum Gasteiger partial charge on any atom is 0.335 e. The molecule has 0 aliphatic carbocycles. The van der Waals surface area contributed by atoms with Crippen LogP contribution in [0.15, 0.2) is 0 Å². The molecule has 0 radical (unpaired) electrons. The molecule has 72 valence electrons. The van der Waals surface area contributed by atoms with Gasteiger partial charge in [-0.25, -0.2) is 8.78 Å². The lowest BCUT2D eigenvalue weighted by Gasteiger charge is -2.20. The standard InChI is InChI=1S/C5H4F6S/c6-2-3(7)1-4(8,9)12-5(3,10)11/h1-2H2. The number of hydrogen-bond donors (Lipinski definition) is 0. The molecule has 1 rings (SSSR count). The SMILES string of the molecule is FCC1(F)CC(F)(F)SC1(F)F.